The normalized spacial score (nSPS) is 11.0. The minimum atomic E-state index is -0.169. The molecule has 1 amide bonds. The van der Waals surface area contributed by atoms with Crippen LogP contribution in [0.15, 0.2) is 65.8 Å². The van der Waals surface area contributed by atoms with Crippen LogP contribution in [0.5, 0.6) is 5.75 Å². The number of halogens is 2. The minimum absolute atomic E-state index is 0.169. The van der Waals surface area contributed by atoms with Crippen LogP contribution < -0.4 is 10.2 Å². The second-order valence-electron chi connectivity index (χ2n) is 5.93. The van der Waals surface area contributed by atoms with Crippen LogP contribution in [0.4, 0.5) is 0 Å². The van der Waals surface area contributed by atoms with Gasteiger partial charge in [0.25, 0.3) is 0 Å². The van der Waals surface area contributed by atoms with E-state index >= 15 is 0 Å². The molecule has 0 atom stereocenters. The van der Waals surface area contributed by atoms with Crippen molar-refractivity contribution < 1.29 is 9.53 Å². The summed E-state index contributed by atoms with van der Waals surface area (Å²) in [6.45, 7) is 0.378. The van der Waals surface area contributed by atoms with Gasteiger partial charge in [-0.3, -0.25) is 4.79 Å². The number of hydrogen-bond acceptors (Lipinski definition) is 3. The second kappa shape index (κ2) is 9.40. The van der Waals surface area contributed by atoms with Crippen LogP contribution in [0.1, 0.15) is 18.4 Å². The van der Waals surface area contributed by atoms with Crippen LogP contribution in [0.3, 0.4) is 0 Å². The highest BCUT2D eigenvalue weighted by Gasteiger charge is 2.04. The van der Waals surface area contributed by atoms with Crippen molar-refractivity contribution in [3.63, 3.8) is 0 Å². The molecule has 1 N–H and O–H groups in total. The Hall–Kier alpha value is -2.56. The molecule has 0 spiro atoms. The number of fused-ring (bicyclic) bond motifs is 1. The van der Waals surface area contributed by atoms with Crippen LogP contribution in [-0.4, -0.2) is 18.7 Å². The first-order chi connectivity index (χ1) is 13.1. The molecule has 6 heteroatoms. The van der Waals surface area contributed by atoms with Crippen molar-refractivity contribution in [2.75, 3.05) is 6.61 Å². The molecule has 0 aliphatic carbocycles. The number of nitrogens with one attached hydrogen (secondary N) is 1. The van der Waals surface area contributed by atoms with Gasteiger partial charge in [-0.15, -0.1) is 0 Å². The summed E-state index contributed by atoms with van der Waals surface area (Å²) in [5.41, 5.74) is 3.45. The molecule has 0 saturated heterocycles. The molecular formula is C21H18Cl2N2O2. The van der Waals surface area contributed by atoms with Crippen LogP contribution in [-0.2, 0) is 4.79 Å². The molecule has 138 valence electrons. The number of benzene rings is 3. The van der Waals surface area contributed by atoms with Crippen molar-refractivity contribution in [2.45, 2.75) is 12.8 Å². The summed E-state index contributed by atoms with van der Waals surface area (Å²) in [5, 5.41) is 7.31. The molecule has 0 radical (unpaired) electrons. The van der Waals surface area contributed by atoms with Gasteiger partial charge in [0, 0.05) is 11.4 Å². The maximum atomic E-state index is 11.8. The maximum Gasteiger partial charge on any atom is 0.240 e. The Balaban J connectivity index is 1.41. The van der Waals surface area contributed by atoms with Gasteiger partial charge in [0.05, 0.1) is 17.8 Å². The van der Waals surface area contributed by atoms with Gasteiger partial charge in [0.1, 0.15) is 5.75 Å². The summed E-state index contributed by atoms with van der Waals surface area (Å²) in [5.74, 6) is 0.383. The lowest BCUT2D eigenvalue weighted by atomic mass is 10.1. The van der Waals surface area contributed by atoms with Crippen molar-refractivity contribution in [1.29, 1.82) is 0 Å². The first kappa shape index (κ1) is 19.2. The Morgan fingerprint density at radius 1 is 1.04 bits per heavy atom. The van der Waals surface area contributed by atoms with Crippen LogP contribution in [0.2, 0.25) is 10.0 Å². The molecular weight excluding hydrogens is 383 g/mol. The first-order valence-corrected chi connectivity index (χ1v) is 9.26. The average molecular weight is 401 g/mol. The standard InChI is InChI=1S/C21H18Cl2N2O2/c22-18-9-10-20(19(23)13-18)27-11-3-6-21(26)25-24-14-15-7-8-16-4-1-2-5-17(16)12-15/h1-2,4-5,7-10,12-14H,3,6,11H2,(H,25,26)/b24-14+. The van der Waals surface area contributed by atoms with Gasteiger partial charge in [0.2, 0.25) is 5.91 Å². The topological polar surface area (TPSA) is 50.7 Å². The van der Waals surface area contributed by atoms with E-state index in [1.807, 2.05) is 36.4 Å². The van der Waals surface area contributed by atoms with E-state index in [0.717, 1.165) is 10.9 Å². The Labute approximate surface area is 167 Å². The van der Waals surface area contributed by atoms with Gasteiger partial charge >= 0.3 is 0 Å². The molecule has 3 rings (SSSR count). The van der Waals surface area contributed by atoms with E-state index in [1.165, 1.54) is 5.39 Å². The predicted molar refractivity (Wildman–Crippen MR) is 111 cm³/mol. The van der Waals surface area contributed by atoms with Crippen molar-refractivity contribution >= 4 is 46.1 Å². The third-order valence-electron chi connectivity index (χ3n) is 3.88. The second-order valence-corrected chi connectivity index (χ2v) is 6.77. The van der Waals surface area contributed by atoms with E-state index in [1.54, 1.807) is 24.4 Å². The fourth-order valence-electron chi connectivity index (χ4n) is 2.53. The summed E-state index contributed by atoms with van der Waals surface area (Å²) in [6.07, 6.45) is 2.49. The molecule has 0 bridgehead atoms. The van der Waals surface area contributed by atoms with Gasteiger partial charge in [-0.1, -0.05) is 59.6 Å². The third-order valence-corrected chi connectivity index (χ3v) is 4.41. The van der Waals surface area contributed by atoms with Crippen LogP contribution >= 0.6 is 23.2 Å². The average Bonchev–Trinajstić information content (AvgIpc) is 2.66. The highest BCUT2D eigenvalue weighted by atomic mass is 35.5. The molecule has 0 fully saturated rings. The van der Waals surface area contributed by atoms with Gasteiger partial charge in [-0.25, -0.2) is 5.43 Å². The fourth-order valence-corrected chi connectivity index (χ4v) is 2.99. The van der Waals surface area contributed by atoms with E-state index in [-0.39, 0.29) is 5.91 Å². The Morgan fingerprint density at radius 2 is 1.85 bits per heavy atom. The predicted octanol–water partition coefficient (Wildman–Crippen LogP) is 5.46. The molecule has 0 aromatic heterocycles. The number of rotatable bonds is 7. The fraction of sp³-hybridized carbons (Fsp3) is 0.143. The Bertz CT molecular complexity index is 973. The quantitative estimate of drug-likeness (QED) is 0.325. The van der Waals surface area contributed by atoms with E-state index in [0.29, 0.717) is 35.2 Å². The number of hydrogen-bond donors (Lipinski definition) is 1. The number of hydrazone groups is 1. The summed E-state index contributed by atoms with van der Waals surface area (Å²) < 4.78 is 5.55. The lowest BCUT2D eigenvalue weighted by molar-refractivity contribution is -0.121. The number of ether oxygens (including phenoxy) is 1. The van der Waals surface area contributed by atoms with E-state index in [2.05, 4.69) is 16.6 Å². The van der Waals surface area contributed by atoms with Gasteiger partial charge in [-0.2, -0.15) is 5.10 Å². The summed E-state index contributed by atoms with van der Waals surface area (Å²) in [6, 6.07) is 19.1. The zero-order chi connectivity index (χ0) is 19.1. The van der Waals surface area contributed by atoms with Crippen molar-refractivity contribution in [3.05, 3.63) is 76.3 Å². The van der Waals surface area contributed by atoms with E-state index in [9.17, 15) is 4.79 Å². The van der Waals surface area contributed by atoms with Crippen molar-refractivity contribution in [3.8, 4) is 5.75 Å². The van der Waals surface area contributed by atoms with Crippen LogP contribution in [0, 0.1) is 0 Å². The minimum Gasteiger partial charge on any atom is -0.492 e. The number of amides is 1. The Morgan fingerprint density at radius 3 is 2.67 bits per heavy atom. The zero-order valence-electron chi connectivity index (χ0n) is 14.5. The molecule has 3 aromatic rings. The maximum absolute atomic E-state index is 11.8. The molecule has 3 aromatic carbocycles. The number of nitrogens with zero attached hydrogens (tertiary/aromatic N) is 1. The molecule has 4 nitrogen and oxygen atoms in total. The molecule has 0 aliphatic heterocycles. The molecule has 0 heterocycles. The summed E-state index contributed by atoms with van der Waals surface area (Å²) >= 11 is 11.9. The van der Waals surface area contributed by atoms with Crippen molar-refractivity contribution in [1.82, 2.24) is 5.43 Å². The molecule has 0 unspecified atom stereocenters. The van der Waals surface area contributed by atoms with Crippen LogP contribution in [0.25, 0.3) is 10.8 Å². The third kappa shape index (κ3) is 5.71. The SMILES string of the molecule is O=C(CCCOc1ccc(Cl)cc1Cl)N/N=C/c1ccc2ccccc2c1. The Kier molecular flexibility index (Phi) is 6.69. The number of carbonyl (C=O) groups is 1. The monoisotopic (exact) mass is 400 g/mol. The molecule has 27 heavy (non-hydrogen) atoms. The molecule has 0 saturated carbocycles. The summed E-state index contributed by atoms with van der Waals surface area (Å²) in [4.78, 5) is 11.8. The van der Waals surface area contributed by atoms with Gasteiger partial charge in [0.15, 0.2) is 0 Å². The van der Waals surface area contributed by atoms with E-state index < -0.39 is 0 Å². The summed E-state index contributed by atoms with van der Waals surface area (Å²) in [7, 11) is 0. The highest BCUT2D eigenvalue weighted by Crippen LogP contribution is 2.27. The highest BCUT2D eigenvalue weighted by molar-refractivity contribution is 6.35. The zero-order valence-corrected chi connectivity index (χ0v) is 16.0. The lowest BCUT2D eigenvalue weighted by Gasteiger charge is -2.07. The smallest absolute Gasteiger partial charge is 0.240 e. The first-order valence-electron chi connectivity index (χ1n) is 8.50. The largest absolute Gasteiger partial charge is 0.492 e. The number of carbonyl (C=O) groups excluding carboxylic acids is 1. The van der Waals surface area contributed by atoms with E-state index in [4.69, 9.17) is 27.9 Å². The lowest BCUT2D eigenvalue weighted by Crippen LogP contribution is -2.18. The van der Waals surface area contributed by atoms with Gasteiger partial charge < -0.3 is 4.74 Å². The molecule has 0 aliphatic rings. The van der Waals surface area contributed by atoms with Gasteiger partial charge in [-0.05, 0) is 47.0 Å². The van der Waals surface area contributed by atoms with Crippen molar-refractivity contribution in [2.24, 2.45) is 5.10 Å².